The second-order valence-corrected chi connectivity index (χ2v) is 7.74. The lowest BCUT2D eigenvalue weighted by molar-refractivity contribution is 0.292. The van der Waals surface area contributed by atoms with Crippen LogP contribution in [0.25, 0.3) is 33.7 Å². The molecule has 4 nitrogen and oxygen atoms in total. The number of aliphatic hydroxyl groups is 1. The summed E-state index contributed by atoms with van der Waals surface area (Å²) in [6.45, 7) is 3.50. The molecule has 0 aliphatic heterocycles. The van der Waals surface area contributed by atoms with Crippen LogP contribution in [0, 0.1) is 6.92 Å². The molecule has 1 heterocycles. The van der Waals surface area contributed by atoms with Gasteiger partial charge in [-0.05, 0) is 53.6 Å². The Bertz CT molecular complexity index is 1120. The quantitative estimate of drug-likeness (QED) is 0.324. The van der Waals surface area contributed by atoms with Crippen LogP contribution < -0.4 is 5.32 Å². The maximum Gasteiger partial charge on any atom is 0.227 e. The molecule has 0 spiro atoms. The molecule has 0 unspecified atom stereocenters. The fourth-order valence-corrected chi connectivity index (χ4v) is 4.16. The summed E-state index contributed by atoms with van der Waals surface area (Å²) in [4.78, 5) is 5.94. The first kappa shape index (κ1) is 19.7. The molecule has 0 bridgehead atoms. The summed E-state index contributed by atoms with van der Waals surface area (Å²) < 4.78 is 6.16. The lowest BCUT2D eigenvalue weighted by Crippen LogP contribution is -2.17. The van der Waals surface area contributed by atoms with Crippen molar-refractivity contribution in [3.8, 4) is 22.6 Å². The minimum Gasteiger partial charge on any atom is -0.436 e. The standard InChI is InChI=1S/C24H24N2O2S/c1-16-19(17-7-4-3-5-8-17)9-6-10-20(16)24-26-21-13-18(15-25-11-12-27)23(29-2)14-22(21)28-24/h3-10,13-14,25,27H,11-12,15H2,1-2H3. The smallest absolute Gasteiger partial charge is 0.227 e. The summed E-state index contributed by atoms with van der Waals surface area (Å²) in [5.74, 6) is 0.641. The molecule has 0 saturated carbocycles. The number of thioether (sulfide) groups is 1. The van der Waals surface area contributed by atoms with E-state index in [4.69, 9.17) is 14.5 Å². The van der Waals surface area contributed by atoms with Crippen LogP contribution in [0.5, 0.6) is 0 Å². The number of aromatic nitrogens is 1. The second-order valence-electron chi connectivity index (χ2n) is 6.90. The number of fused-ring (bicyclic) bond motifs is 1. The zero-order chi connectivity index (χ0) is 20.2. The van der Waals surface area contributed by atoms with E-state index in [9.17, 15) is 0 Å². The van der Waals surface area contributed by atoms with Gasteiger partial charge in [-0.2, -0.15) is 0 Å². The first-order chi connectivity index (χ1) is 14.2. The van der Waals surface area contributed by atoms with E-state index in [0.29, 0.717) is 19.0 Å². The van der Waals surface area contributed by atoms with E-state index in [1.54, 1.807) is 11.8 Å². The second kappa shape index (κ2) is 8.82. The highest BCUT2D eigenvalue weighted by molar-refractivity contribution is 7.98. The average molecular weight is 405 g/mol. The molecule has 0 radical (unpaired) electrons. The third-order valence-electron chi connectivity index (χ3n) is 5.04. The van der Waals surface area contributed by atoms with Crippen LogP contribution >= 0.6 is 11.8 Å². The molecule has 2 N–H and O–H groups in total. The van der Waals surface area contributed by atoms with Crippen molar-refractivity contribution in [1.29, 1.82) is 0 Å². The normalized spacial score (nSPS) is 11.3. The molecule has 4 aromatic rings. The molecule has 5 heteroatoms. The molecule has 3 aromatic carbocycles. The molecule has 29 heavy (non-hydrogen) atoms. The fourth-order valence-electron chi connectivity index (χ4n) is 3.54. The van der Waals surface area contributed by atoms with Gasteiger partial charge in [0.1, 0.15) is 5.52 Å². The molecule has 4 rings (SSSR count). The third kappa shape index (κ3) is 4.08. The topological polar surface area (TPSA) is 58.3 Å². The lowest BCUT2D eigenvalue weighted by Gasteiger charge is -2.09. The monoisotopic (exact) mass is 404 g/mol. The van der Waals surface area contributed by atoms with Crippen molar-refractivity contribution in [2.45, 2.75) is 18.4 Å². The Balaban J connectivity index is 1.75. The van der Waals surface area contributed by atoms with E-state index < -0.39 is 0 Å². The summed E-state index contributed by atoms with van der Waals surface area (Å²) in [7, 11) is 0. The summed E-state index contributed by atoms with van der Waals surface area (Å²) in [5, 5.41) is 12.2. The number of aliphatic hydroxyl groups excluding tert-OH is 1. The van der Waals surface area contributed by atoms with Gasteiger partial charge in [-0.3, -0.25) is 0 Å². The molecule has 0 atom stereocenters. The molecule has 148 valence electrons. The maximum atomic E-state index is 9.01. The number of nitrogens with one attached hydrogen (secondary N) is 1. The molecule has 0 aliphatic rings. The predicted molar refractivity (Wildman–Crippen MR) is 120 cm³/mol. The highest BCUT2D eigenvalue weighted by Crippen LogP contribution is 2.34. The van der Waals surface area contributed by atoms with E-state index in [0.717, 1.165) is 32.7 Å². The first-order valence-electron chi connectivity index (χ1n) is 9.65. The Labute approximate surface area is 175 Å². The molecule has 1 aromatic heterocycles. The molecule has 0 fully saturated rings. The van der Waals surface area contributed by atoms with Crippen LogP contribution in [0.1, 0.15) is 11.1 Å². The lowest BCUT2D eigenvalue weighted by atomic mass is 9.96. The van der Waals surface area contributed by atoms with Crippen molar-refractivity contribution in [2.24, 2.45) is 0 Å². The zero-order valence-corrected chi connectivity index (χ0v) is 17.4. The highest BCUT2D eigenvalue weighted by atomic mass is 32.2. The Morgan fingerprint density at radius 3 is 2.59 bits per heavy atom. The van der Waals surface area contributed by atoms with E-state index in [1.807, 2.05) is 6.07 Å². The number of benzene rings is 3. The van der Waals surface area contributed by atoms with Gasteiger partial charge in [0, 0.05) is 23.5 Å². The Morgan fingerprint density at radius 2 is 1.83 bits per heavy atom. The van der Waals surface area contributed by atoms with E-state index in [2.05, 4.69) is 73.1 Å². The van der Waals surface area contributed by atoms with E-state index in [-0.39, 0.29) is 6.61 Å². The highest BCUT2D eigenvalue weighted by Gasteiger charge is 2.15. The number of nitrogens with zero attached hydrogens (tertiary/aromatic N) is 1. The molecular formula is C24H24N2O2S. The molecular weight excluding hydrogens is 380 g/mol. The maximum absolute atomic E-state index is 9.01. The van der Waals surface area contributed by atoms with Crippen molar-refractivity contribution in [3.05, 3.63) is 71.8 Å². The van der Waals surface area contributed by atoms with Gasteiger partial charge in [0.2, 0.25) is 5.89 Å². The van der Waals surface area contributed by atoms with Crippen LogP contribution in [-0.2, 0) is 6.54 Å². The number of hydrogen-bond donors (Lipinski definition) is 2. The van der Waals surface area contributed by atoms with E-state index >= 15 is 0 Å². The summed E-state index contributed by atoms with van der Waals surface area (Å²) in [6, 6.07) is 20.8. The summed E-state index contributed by atoms with van der Waals surface area (Å²) >= 11 is 1.69. The molecule has 0 amide bonds. The van der Waals surface area contributed by atoms with Gasteiger partial charge < -0.3 is 14.8 Å². The number of hydrogen-bond acceptors (Lipinski definition) is 5. The number of oxazole rings is 1. The van der Waals surface area contributed by atoms with Crippen molar-refractivity contribution >= 4 is 22.9 Å². The van der Waals surface area contributed by atoms with Gasteiger partial charge >= 0.3 is 0 Å². The largest absolute Gasteiger partial charge is 0.436 e. The zero-order valence-electron chi connectivity index (χ0n) is 16.6. The van der Waals surface area contributed by atoms with Crippen LogP contribution in [0.15, 0.2) is 70.0 Å². The van der Waals surface area contributed by atoms with Crippen LogP contribution in [0.2, 0.25) is 0 Å². The Hall–Kier alpha value is -2.60. The Morgan fingerprint density at radius 1 is 1.03 bits per heavy atom. The average Bonchev–Trinajstić information content (AvgIpc) is 3.16. The SMILES string of the molecule is CSc1cc2oc(-c3cccc(-c4ccccc4)c3C)nc2cc1CNCCO. The van der Waals surface area contributed by atoms with Gasteiger partial charge in [0.15, 0.2) is 5.58 Å². The first-order valence-corrected chi connectivity index (χ1v) is 10.9. The summed E-state index contributed by atoms with van der Waals surface area (Å²) in [5.41, 5.74) is 7.33. The van der Waals surface area contributed by atoms with Crippen molar-refractivity contribution in [3.63, 3.8) is 0 Å². The molecule has 0 saturated heterocycles. The van der Waals surface area contributed by atoms with Crippen LogP contribution in [0.3, 0.4) is 0 Å². The van der Waals surface area contributed by atoms with Gasteiger partial charge in [-0.15, -0.1) is 11.8 Å². The minimum absolute atomic E-state index is 0.127. The van der Waals surface area contributed by atoms with Gasteiger partial charge in [0.25, 0.3) is 0 Å². The minimum atomic E-state index is 0.127. The van der Waals surface area contributed by atoms with Crippen molar-refractivity contribution in [2.75, 3.05) is 19.4 Å². The van der Waals surface area contributed by atoms with Gasteiger partial charge in [-0.1, -0.05) is 42.5 Å². The predicted octanol–water partition coefficient (Wildman–Crippen LogP) is 5.27. The number of rotatable bonds is 7. The molecule has 0 aliphatic carbocycles. The van der Waals surface area contributed by atoms with Crippen molar-refractivity contribution in [1.82, 2.24) is 10.3 Å². The Kier molecular flexibility index (Phi) is 6.00. The van der Waals surface area contributed by atoms with Crippen LogP contribution in [-0.4, -0.2) is 29.5 Å². The van der Waals surface area contributed by atoms with Gasteiger partial charge in [0.05, 0.1) is 6.61 Å². The van der Waals surface area contributed by atoms with Gasteiger partial charge in [-0.25, -0.2) is 4.98 Å². The van der Waals surface area contributed by atoms with Crippen LogP contribution in [0.4, 0.5) is 0 Å². The van der Waals surface area contributed by atoms with Crippen molar-refractivity contribution < 1.29 is 9.52 Å². The third-order valence-corrected chi connectivity index (χ3v) is 5.86. The summed E-state index contributed by atoms with van der Waals surface area (Å²) in [6.07, 6.45) is 2.06. The van der Waals surface area contributed by atoms with E-state index in [1.165, 1.54) is 11.1 Å². The fraction of sp³-hybridized carbons (Fsp3) is 0.208.